The fraction of sp³-hybridized carbons (Fsp3) is 0.381. The number of nitrogens with one attached hydrogen (secondary N) is 2. The number of amides is 2. The number of rotatable bonds is 7. The van der Waals surface area contributed by atoms with Gasteiger partial charge in [0.15, 0.2) is 0 Å². The maximum atomic E-state index is 12.3. The number of carbonyl (C=O) groups excluding carboxylic acids is 1. The number of aryl methyl sites for hydroxylation is 3. The third-order valence-corrected chi connectivity index (χ3v) is 4.89. The Morgan fingerprint density at radius 1 is 1.29 bits per heavy atom. The second-order valence-electron chi connectivity index (χ2n) is 7.23. The molecule has 1 aromatic carbocycles. The van der Waals surface area contributed by atoms with Crippen molar-refractivity contribution in [2.75, 3.05) is 13.6 Å². The summed E-state index contributed by atoms with van der Waals surface area (Å²) in [7, 11) is 1.82. The first-order valence-corrected chi connectivity index (χ1v) is 9.54. The van der Waals surface area contributed by atoms with E-state index in [0.717, 1.165) is 35.5 Å². The molecule has 3 rings (SSSR count). The molecular formula is C21H28N6O. The quantitative estimate of drug-likeness (QED) is 0.660. The zero-order chi connectivity index (χ0) is 20.1. The van der Waals surface area contributed by atoms with Gasteiger partial charge in [-0.1, -0.05) is 12.1 Å². The van der Waals surface area contributed by atoms with E-state index in [1.165, 1.54) is 11.1 Å². The molecule has 0 aliphatic heterocycles. The Balaban J connectivity index is 1.46. The molecule has 0 fully saturated rings. The standard InChI is InChI=1S/C21H28N6O/c1-15-7-5-8-19(11-15)27-14-18(13-23-27)12-22-21(28)26(4)10-6-9-20-16(2)24-25-17(20)3/h5,7-8,11,13-14H,6,9-10,12H2,1-4H3,(H,22,28)(H,24,25). The Morgan fingerprint density at radius 2 is 2.11 bits per heavy atom. The molecule has 7 heteroatoms. The zero-order valence-electron chi connectivity index (χ0n) is 17.0. The van der Waals surface area contributed by atoms with Gasteiger partial charge in [-0.15, -0.1) is 0 Å². The first kappa shape index (κ1) is 19.7. The topological polar surface area (TPSA) is 78.8 Å². The normalized spacial score (nSPS) is 10.9. The summed E-state index contributed by atoms with van der Waals surface area (Å²) in [6.45, 7) is 7.24. The molecule has 7 nitrogen and oxygen atoms in total. The molecule has 2 heterocycles. The van der Waals surface area contributed by atoms with Crippen molar-refractivity contribution in [3.05, 3.63) is 64.7 Å². The third-order valence-electron chi connectivity index (χ3n) is 4.89. The lowest BCUT2D eigenvalue weighted by molar-refractivity contribution is 0.208. The highest BCUT2D eigenvalue weighted by molar-refractivity contribution is 5.73. The van der Waals surface area contributed by atoms with Gasteiger partial charge in [0.05, 0.1) is 17.6 Å². The summed E-state index contributed by atoms with van der Waals surface area (Å²) in [5, 5.41) is 14.6. The lowest BCUT2D eigenvalue weighted by Gasteiger charge is -2.17. The van der Waals surface area contributed by atoms with E-state index in [2.05, 4.69) is 39.7 Å². The fourth-order valence-corrected chi connectivity index (χ4v) is 3.21. The number of carbonyl (C=O) groups is 1. The summed E-state index contributed by atoms with van der Waals surface area (Å²) in [6, 6.07) is 8.07. The maximum Gasteiger partial charge on any atom is 0.317 e. The number of hydrogen-bond donors (Lipinski definition) is 2. The van der Waals surface area contributed by atoms with Crippen molar-refractivity contribution < 1.29 is 4.79 Å². The number of H-pyrrole nitrogens is 1. The van der Waals surface area contributed by atoms with E-state index in [-0.39, 0.29) is 6.03 Å². The van der Waals surface area contributed by atoms with Crippen molar-refractivity contribution in [3.8, 4) is 5.69 Å². The molecule has 0 saturated carbocycles. The second kappa shape index (κ2) is 8.73. The van der Waals surface area contributed by atoms with Gasteiger partial charge in [-0.25, -0.2) is 9.48 Å². The first-order chi connectivity index (χ1) is 13.4. The van der Waals surface area contributed by atoms with Crippen molar-refractivity contribution in [3.63, 3.8) is 0 Å². The minimum atomic E-state index is -0.0797. The smallest absolute Gasteiger partial charge is 0.317 e. The van der Waals surface area contributed by atoms with Crippen LogP contribution < -0.4 is 5.32 Å². The number of hydrogen-bond acceptors (Lipinski definition) is 3. The van der Waals surface area contributed by atoms with Crippen LogP contribution in [-0.4, -0.2) is 44.5 Å². The van der Waals surface area contributed by atoms with Crippen LogP contribution in [0.1, 0.15) is 34.5 Å². The average molecular weight is 380 g/mol. The van der Waals surface area contributed by atoms with Gasteiger partial charge in [-0.3, -0.25) is 5.10 Å². The monoisotopic (exact) mass is 380 g/mol. The lowest BCUT2D eigenvalue weighted by atomic mass is 10.1. The highest BCUT2D eigenvalue weighted by Crippen LogP contribution is 2.12. The van der Waals surface area contributed by atoms with Crippen molar-refractivity contribution >= 4 is 6.03 Å². The Labute approximate surface area is 165 Å². The third kappa shape index (κ3) is 4.79. The Kier molecular flexibility index (Phi) is 6.13. The van der Waals surface area contributed by atoms with Gasteiger partial charge >= 0.3 is 6.03 Å². The van der Waals surface area contributed by atoms with Crippen LogP contribution >= 0.6 is 0 Å². The molecular weight excluding hydrogens is 352 g/mol. The van der Waals surface area contributed by atoms with Gasteiger partial charge < -0.3 is 10.2 Å². The highest BCUT2D eigenvalue weighted by Gasteiger charge is 2.11. The van der Waals surface area contributed by atoms with Crippen LogP contribution in [0.25, 0.3) is 5.69 Å². The van der Waals surface area contributed by atoms with Crippen molar-refractivity contribution in [2.45, 2.75) is 40.2 Å². The molecule has 0 unspecified atom stereocenters. The maximum absolute atomic E-state index is 12.3. The van der Waals surface area contributed by atoms with E-state index in [0.29, 0.717) is 13.1 Å². The van der Waals surface area contributed by atoms with Gasteiger partial charge in [-0.05, 0) is 56.9 Å². The number of aromatic amines is 1. The first-order valence-electron chi connectivity index (χ1n) is 9.54. The molecule has 0 aliphatic rings. The molecule has 0 spiro atoms. The van der Waals surface area contributed by atoms with Gasteiger partial charge in [0.25, 0.3) is 0 Å². The van der Waals surface area contributed by atoms with Crippen LogP contribution in [0.4, 0.5) is 4.79 Å². The molecule has 2 aromatic heterocycles. The summed E-state index contributed by atoms with van der Waals surface area (Å²) in [6.07, 6.45) is 5.54. The van der Waals surface area contributed by atoms with Crippen LogP contribution in [0.15, 0.2) is 36.7 Å². The molecule has 2 amide bonds. The molecule has 0 atom stereocenters. The van der Waals surface area contributed by atoms with Gasteiger partial charge in [0.2, 0.25) is 0 Å². The zero-order valence-corrected chi connectivity index (χ0v) is 17.0. The van der Waals surface area contributed by atoms with Crippen LogP contribution in [0, 0.1) is 20.8 Å². The molecule has 0 bridgehead atoms. The predicted octanol–water partition coefficient (Wildman–Crippen LogP) is 3.29. The van der Waals surface area contributed by atoms with E-state index in [1.54, 1.807) is 11.1 Å². The van der Waals surface area contributed by atoms with E-state index in [9.17, 15) is 4.79 Å². The Bertz CT molecular complexity index is 923. The van der Waals surface area contributed by atoms with E-state index >= 15 is 0 Å². The van der Waals surface area contributed by atoms with Crippen molar-refractivity contribution in [2.24, 2.45) is 0 Å². The SMILES string of the molecule is Cc1cccc(-n2cc(CNC(=O)N(C)CCCc3c(C)n[nH]c3C)cn2)c1. The van der Waals surface area contributed by atoms with E-state index < -0.39 is 0 Å². The van der Waals surface area contributed by atoms with Gasteiger partial charge in [-0.2, -0.15) is 10.2 Å². The van der Waals surface area contributed by atoms with E-state index in [4.69, 9.17) is 0 Å². The van der Waals surface area contributed by atoms with Crippen LogP contribution in [0.3, 0.4) is 0 Å². The number of urea groups is 1. The number of nitrogens with zero attached hydrogens (tertiary/aromatic N) is 4. The summed E-state index contributed by atoms with van der Waals surface area (Å²) in [5.74, 6) is 0. The molecule has 0 radical (unpaired) electrons. The minimum absolute atomic E-state index is 0.0797. The number of aromatic nitrogens is 4. The molecule has 0 saturated heterocycles. The summed E-state index contributed by atoms with van der Waals surface area (Å²) < 4.78 is 1.83. The lowest BCUT2D eigenvalue weighted by Crippen LogP contribution is -2.37. The highest BCUT2D eigenvalue weighted by atomic mass is 16.2. The fourth-order valence-electron chi connectivity index (χ4n) is 3.21. The summed E-state index contributed by atoms with van der Waals surface area (Å²) in [5.41, 5.74) is 6.56. The minimum Gasteiger partial charge on any atom is -0.334 e. The van der Waals surface area contributed by atoms with Crippen LogP contribution in [0.5, 0.6) is 0 Å². The predicted molar refractivity (Wildman–Crippen MR) is 110 cm³/mol. The number of benzene rings is 1. The van der Waals surface area contributed by atoms with Gasteiger partial charge in [0, 0.05) is 37.6 Å². The van der Waals surface area contributed by atoms with Crippen LogP contribution in [0.2, 0.25) is 0 Å². The molecule has 0 aliphatic carbocycles. The Morgan fingerprint density at radius 3 is 2.82 bits per heavy atom. The van der Waals surface area contributed by atoms with Crippen molar-refractivity contribution in [1.29, 1.82) is 0 Å². The van der Waals surface area contributed by atoms with Gasteiger partial charge in [0.1, 0.15) is 0 Å². The average Bonchev–Trinajstić information content (AvgIpc) is 3.27. The summed E-state index contributed by atoms with van der Waals surface area (Å²) in [4.78, 5) is 14.1. The molecule has 28 heavy (non-hydrogen) atoms. The second-order valence-corrected chi connectivity index (χ2v) is 7.23. The van der Waals surface area contributed by atoms with E-state index in [1.807, 2.05) is 43.9 Å². The molecule has 148 valence electrons. The molecule has 3 aromatic rings. The molecule has 2 N–H and O–H groups in total. The van der Waals surface area contributed by atoms with Crippen molar-refractivity contribution in [1.82, 2.24) is 30.2 Å². The summed E-state index contributed by atoms with van der Waals surface area (Å²) >= 11 is 0. The van der Waals surface area contributed by atoms with Crippen LogP contribution in [-0.2, 0) is 13.0 Å². The Hall–Kier alpha value is -3.09. The largest absolute Gasteiger partial charge is 0.334 e.